The average molecular weight is 212 g/mol. The first-order valence-electron chi connectivity index (χ1n) is 6.54. The van der Waals surface area contributed by atoms with Crippen LogP contribution in [0, 0.1) is 5.92 Å². The molecule has 2 heteroatoms. The van der Waals surface area contributed by atoms with Crippen molar-refractivity contribution < 1.29 is 9.84 Å². The molecule has 0 spiro atoms. The lowest BCUT2D eigenvalue weighted by atomic mass is 9.82. The summed E-state index contributed by atoms with van der Waals surface area (Å²) in [6.07, 6.45) is 9.57. The molecule has 0 bridgehead atoms. The first-order valence-corrected chi connectivity index (χ1v) is 6.54. The summed E-state index contributed by atoms with van der Waals surface area (Å²) in [4.78, 5) is 0. The Morgan fingerprint density at radius 3 is 2.33 bits per heavy atom. The van der Waals surface area contributed by atoms with Gasteiger partial charge in [0.2, 0.25) is 0 Å². The normalized spacial score (nSPS) is 36.4. The summed E-state index contributed by atoms with van der Waals surface area (Å²) in [5, 5.41) is 10.4. The number of ether oxygens (including phenoxy) is 1. The summed E-state index contributed by atoms with van der Waals surface area (Å²) < 4.78 is 5.75. The second kappa shape index (κ2) is 4.84. The van der Waals surface area contributed by atoms with Crippen LogP contribution >= 0.6 is 0 Å². The van der Waals surface area contributed by atoms with Gasteiger partial charge in [-0.15, -0.1) is 0 Å². The molecule has 2 nitrogen and oxygen atoms in total. The summed E-state index contributed by atoms with van der Waals surface area (Å²) >= 11 is 0. The van der Waals surface area contributed by atoms with Gasteiger partial charge in [0.05, 0.1) is 11.7 Å². The third-order valence-corrected chi connectivity index (χ3v) is 4.22. The molecule has 0 aromatic carbocycles. The van der Waals surface area contributed by atoms with Crippen molar-refractivity contribution in [2.75, 3.05) is 6.61 Å². The Morgan fingerprint density at radius 1 is 1.13 bits per heavy atom. The van der Waals surface area contributed by atoms with Crippen molar-refractivity contribution >= 4 is 0 Å². The lowest BCUT2D eigenvalue weighted by Crippen LogP contribution is -2.43. The maximum absolute atomic E-state index is 10.4. The van der Waals surface area contributed by atoms with E-state index in [9.17, 15) is 5.11 Å². The summed E-state index contributed by atoms with van der Waals surface area (Å²) in [5.41, 5.74) is -0.241. The van der Waals surface area contributed by atoms with Gasteiger partial charge in [0.1, 0.15) is 0 Å². The second-order valence-electron chi connectivity index (χ2n) is 5.46. The van der Waals surface area contributed by atoms with Crippen molar-refractivity contribution in [3.63, 3.8) is 0 Å². The summed E-state index contributed by atoms with van der Waals surface area (Å²) in [5.74, 6) is 0.482. The molecule has 15 heavy (non-hydrogen) atoms. The molecule has 0 radical (unpaired) electrons. The lowest BCUT2D eigenvalue weighted by Gasteiger charge is -2.34. The molecule has 0 aromatic rings. The van der Waals surface area contributed by atoms with Gasteiger partial charge in [0.25, 0.3) is 0 Å². The Bertz CT molecular complexity index is 189. The van der Waals surface area contributed by atoms with Gasteiger partial charge in [-0.3, -0.25) is 0 Å². The SMILES string of the molecule is CC1(C(O)C2CCCCCC2)CCCO1. The topological polar surface area (TPSA) is 29.5 Å². The third-order valence-electron chi connectivity index (χ3n) is 4.22. The van der Waals surface area contributed by atoms with Crippen LogP contribution in [0.15, 0.2) is 0 Å². The minimum atomic E-state index is -0.241. The average Bonchev–Trinajstić information content (AvgIpc) is 2.54. The standard InChI is InChI=1S/C13H24O2/c1-13(9-6-10-15-13)12(14)11-7-4-2-3-5-8-11/h11-12,14H,2-10H2,1H3. The van der Waals surface area contributed by atoms with Crippen LogP contribution < -0.4 is 0 Å². The van der Waals surface area contributed by atoms with E-state index in [0.717, 1.165) is 19.4 Å². The molecule has 2 atom stereocenters. The molecule has 1 heterocycles. The van der Waals surface area contributed by atoms with Gasteiger partial charge >= 0.3 is 0 Å². The van der Waals surface area contributed by atoms with Gasteiger partial charge in [0, 0.05) is 6.61 Å². The van der Waals surface area contributed by atoms with E-state index in [0.29, 0.717) is 5.92 Å². The van der Waals surface area contributed by atoms with E-state index in [1.807, 2.05) is 0 Å². The van der Waals surface area contributed by atoms with Crippen LogP contribution in [-0.4, -0.2) is 23.4 Å². The molecule has 0 aromatic heterocycles. The zero-order chi connectivity index (χ0) is 10.7. The van der Waals surface area contributed by atoms with Crippen LogP contribution in [-0.2, 0) is 4.74 Å². The van der Waals surface area contributed by atoms with Gasteiger partial charge in [-0.25, -0.2) is 0 Å². The molecule has 1 aliphatic heterocycles. The fourth-order valence-electron chi connectivity index (χ4n) is 3.16. The molecule has 88 valence electrons. The third kappa shape index (κ3) is 2.54. The minimum Gasteiger partial charge on any atom is -0.390 e. The van der Waals surface area contributed by atoms with Crippen LogP contribution in [0.5, 0.6) is 0 Å². The summed E-state index contributed by atoms with van der Waals surface area (Å²) in [6.45, 7) is 2.93. The van der Waals surface area contributed by atoms with Crippen LogP contribution in [0.25, 0.3) is 0 Å². The van der Waals surface area contributed by atoms with E-state index in [-0.39, 0.29) is 11.7 Å². The Morgan fingerprint density at radius 2 is 1.80 bits per heavy atom. The molecule has 2 unspecified atom stereocenters. The molecule has 2 fully saturated rings. The van der Waals surface area contributed by atoms with Gasteiger partial charge < -0.3 is 9.84 Å². The molecule has 2 aliphatic rings. The lowest BCUT2D eigenvalue weighted by molar-refractivity contribution is -0.103. The molecule has 1 N–H and O–H groups in total. The van der Waals surface area contributed by atoms with Crippen LogP contribution in [0.3, 0.4) is 0 Å². The summed E-state index contributed by atoms with van der Waals surface area (Å²) in [7, 11) is 0. The smallest absolute Gasteiger partial charge is 0.0915 e. The molecule has 1 saturated heterocycles. The van der Waals surface area contributed by atoms with Crippen LogP contribution in [0.2, 0.25) is 0 Å². The number of hydrogen-bond acceptors (Lipinski definition) is 2. The van der Waals surface area contributed by atoms with Gasteiger partial charge in [-0.1, -0.05) is 25.7 Å². The second-order valence-corrected chi connectivity index (χ2v) is 5.46. The molecule has 2 rings (SSSR count). The zero-order valence-electron chi connectivity index (χ0n) is 9.87. The Hall–Kier alpha value is -0.0800. The monoisotopic (exact) mass is 212 g/mol. The quantitative estimate of drug-likeness (QED) is 0.713. The molecule has 0 amide bonds. The van der Waals surface area contributed by atoms with E-state index >= 15 is 0 Å². The Labute approximate surface area is 93.0 Å². The highest BCUT2D eigenvalue weighted by Crippen LogP contribution is 2.36. The van der Waals surface area contributed by atoms with Crippen molar-refractivity contribution in [3.05, 3.63) is 0 Å². The highest BCUT2D eigenvalue weighted by molar-refractivity contribution is 4.91. The zero-order valence-corrected chi connectivity index (χ0v) is 9.87. The fourth-order valence-corrected chi connectivity index (χ4v) is 3.16. The van der Waals surface area contributed by atoms with Crippen molar-refractivity contribution in [1.82, 2.24) is 0 Å². The highest BCUT2D eigenvalue weighted by Gasteiger charge is 2.41. The van der Waals surface area contributed by atoms with E-state index in [4.69, 9.17) is 4.74 Å². The maximum Gasteiger partial charge on any atom is 0.0915 e. The van der Waals surface area contributed by atoms with Crippen LogP contribution in [0.4, 0.5) is 0 Å². The number of rotatable bonds is 2. The van der Waals surface area contributed by atoms with E-state index in [1.54, 1.807) is 0 Å². The van der Waals surface area contributed by atoms with Gasteiger partial charge in [-0.05, 0) is 38.5 Å². The Kier molecular flexibility index (Phi) is 3.68. The first kappa shape index (κ1) is 11.4. The fraction of sp³-hybridized carbons (Fsp3) is 1.00. The Balaban J connectivity index is 1.95. The minimum absolute atomic E-state index is 0.238. The number of aliphatic hydroxyl groups excluding tert-OH is 1. The van der Waals surface area contributed by atoms with Crippen molar-refractivity contribution in [2.45, 2.75) is 70.0 Å². The van der Waals surface area contributed by atoms with Crippen LogP contribution in [0.1, 0.15) is 58.3 Å². The van der Waals surface area contributed by atoms with Crippen molar-refractivity contribution in [3.8, 4) is 0 Å². The molecular formula is C13H24O2. The molecule has 1 saturated carbocycles. The van der Waals surface area contributed by atoms with Crippen molar-refractivity contribution in [1.29, 1.82) is 0 Å². The summed E-state index contributed by atoms with van der Waals surface area (Å²) in [6, 6.07) is 0. The van der Waals surface area contributed by atoms with Gasteiger partial charge in [0.15, 0.2) is 0 Å². The molecular weight excluding hydrogens is 188 g/mol. The maximum atomic E-state index is 10.4. The number of hydrogen-bond donors (Lipinski definition) is 1. The van der Waals surface area contributed by atoms with Gasteiger partial charge in [-0.2, -0.15) is 0 Å². The predicted octanol–water partition coefficient (Wildman–Crippen LogP) is 2.89. The van der Waals surface area contributed by atoms with E-state index in [1.165, 1.54) is 38.5 Å². The first-order chi connectivity index (χ1) is 7.22. The molecule has 1 aliphatic carbocycles. The van der Waals surface area contributed by atoms with E-state index < -0.39 is 0 Å². The largest absolute Gasteiger partial charge is 0.390 e. The van der Waals surface area contributed by atoms with E-state index in [2.05, 4.69) is 6.92 Å². The van der Waals surface area contributed by atoms with Crippen molar-refractivity contribution in [2.24, 2.45) is 5.92 Å². The highest BCUT2D eigenvalue weighted by atomic mass is 16.5. The number of aliphatic hydroxyl groups is 1. The predicted molar refractivity (Wildman–Crippen MR) is 60.8 cm³/mol.